The molecule has 2 N–H and O–H groups in total. The van der Waals surface area contributed by atoms with Crippen LogP contribution >= 0.6 is 0 Å². The highest BCUT2D eigenvalue weighted by atomic mass is 16.3. The van der Waals surface area contributed by atoms with Crippen LogP contribution in [0.25, 0.3) is 0 Å². The lowest BCUT2D eigenvalue weighted by atomic mass is 9.77. The van der Waals surface area contributed by atoms with E-state index in [4.69, 9.17) is 0 Å². The Morgan fingerprint density at radius 1 is 0.903 bits per heavy atom. The van der Waals surface area contributed by atoms with Crippen molar-refractivity contribution in [3.63, 3.8) is 0 Å². The van der Waals surface area contributed by atoms with Crippen molar-refractivity contribution in [3.05, 3.63) is 96.1 Å². The van der Waals surface area contributed by atoms with Crippen molar-refractivity contribution < 1.29 is 15.0 Å². The molecule has 7 nitrogen and oxygen atoms in total. The topological polar surface area (TPSA) is 89.8 Å². The summed E-state index contributed by atoms with van der Waals surface area (Å²) in [7, 11) is 0. The summed E-state index contributed by atoms with van der Waals surface area (Å²) >= 11 is 0. The van der Waals surface area contributed by atoms with E-state index in [1.54, 1.807) is 29.7 Å². The number of piperazine rings is 1. The number of hydrogen-bond donors (Lipinski definition) is 2. The van der Waals surface area contributed by atoms with Crippen LogP contribution in [-0.2, 0) is 10.4 Å². The van der Waals surface area contributed by atoms with E-state index in [1.807, 2.05) is 54.6 Å². The van der Waals surface area contributed by atoms with Crippen LogP contribution in [0.2, 0.25) is 0 Å². The predicted molar refractivity (Wildman–Crippen MR) is 116 cm³/mol. The molecule has 3 heterocycles. The Kier molecular flexibility index (Phi) is 6.36. The highest BCUT2D eigenvalue weighted by Crippen LogP contribution is 2.44. The molecular weight excluding hydrogens is 392 g/mol. The first kappa shape index (κ1) is 21.1. The van der Waals surface area contributed by atoms with Gasteiger partial charge in [-0.2, -0.15) is 0 Å². The van der Waals surface area contributed by atoms with Gasteiger partial charge in [0.05, 0.1) is 6.04 Å². The minimum absolute atomic E-state index is 0.273. The number of aromatic nitrogens is 2. The second-order valence-corrected chi connectivity index (χ2v) is 7.64. The predicted octanol–water partition coefficient (Wildman–Crippen LogP) is 1.59. The minimum atomic E-state index is -1.41. The van der Waals surface area contributed by atoms with Crippen molar-refractivity contribution in [2.45, 2.75) is 11.6 Å². The zero-order valence-corrected chi connectivity index (χ0v) is 17.2. The van der Waals surface area contributed by atoms with E-state index < -0.39 is 18.2 Å². The van der Waals surface area contributed by atoms with Gasteiger partial charge in [-0.25, -0.2) is 0 Å². The maximum absolute atomic E-state index is 12.4. The molecule has 160 valence electrons. The number of hydrogen-bond acceptors (Lipinski definition) is 6. The second kappa shape index (κ2) is 9.34. The highest BCUT2D eigenvalue weighted by molar-refractivity contribution is 5.77. The van der Waals surface area contributed by atoms with Crippen molar-refractivity contribution >= 4 is 5.91 Å². The van der Waals surface area contributed by atoms with Crippen molar-refractivity contribution in [2.75, 3.05) is 32.8 Å². The van der Waals surface area contributed by atoms with Crippen molar-refractivity contribution in [1.29, 1.82) is 0 Å². The zero-order chi connectivity index (χ0) is 21.7. The number of carbonyl (C=O) groups is 1. The molecule has 1 atom stereocenters. The Hall–Kier alpha value is -3.13. The van der Waals surface area contributed by atoms with Gasteiger partial charge >= 0.3 is 0 Å². The maximum atomic E-state index is 12.4. The molecule has 1 amide bonds. The fraction of sp³-hybridized carbons (Fsp3) is 0.292. The van der Waals surface area contributed by atoms with E-state index >= 15 is 0 Å². The molecule has 0 saturated carbocycles. The molecule has 1 aliphatic heterocycles. The van der Waals surface area contributed by atoms with Crippen LogP contribution in [0.4, 0.5) is 0 Å². The van der Waals surface area contributed by atoms with Gasteiger partial charge in [-0.1, -0.05) is 42.5 Å². The molecule has 0 spiro atoms. The Morgan fingerprint density at radius 3 is 1.97 bits per heavy atom. The number of carbonyl (C=O) groups excluding carboxylic acids is 1. The number of aliphatic hydroxyl groups excluding tert-OH is 1. The van der Waals surface area contributed by atoms with Gasteiger partial charge in [-0.15, -0.1) is 0 Å². The third-order valence-electron chi connectivity index (χ3n) is 5.88. The number of rotatable bonds is 6. The van der Waals surface area contributed by atoms with Crippen LogP contribution in [0.3, 0.4) is 0 Å². The summed E-state index contributed by atoms with van der Waals surface area (Å²) in [6, 6.07) is 16.8. The summed E-state index contributed by atoms with van der Waals surface area (Å²) in [4.78, 5) is 24.3. The summed E-state index contributed by atoms with van der Waals surface area (Å²) < 4.78 is 0. The summed E-state index contributed by atoms with van der Waals surface area (Å²) in [5, 5.41) is 21.6. The lowest BCUT2D eigenvalue weighted by Gasteiger charge is -2.46. The first-order valence-electron chi connectivity index (χ1n) is 10.4. The molecule has 0 radical (unpaired) electrons. The molecule has 0 bridgehead atoms. The smallest absolute Gasteiger partial charge is 0.248 e. The van der Waals surface area contributed by atoms with Crippen LogP contribution in [-0.4, -0.2) is 68.7 Å². The van der Waals surface area contributed by atoms with Gasteiger partial charge in [0.2, 0.25) is 5.91 Å². The maximum Gasteiger partial charge on any atom is 0.248 e. The minimum Gasteiger partial charge on any atom is -0.387 e. The molecule has 2 aromatic heterocycles. The number of pyridine rings is 2. The van der Waals surface area contributed by atoms with Crippen LogP contribution < -0.4 is 0 Å². The summed E-state index contributed by atoms with van der Waals surface area (Å²) in [5.41, 5.74) is 0.892. The molecule has 4 rings (SSSR count). The van der Waals surface area contributed by atoms with Crippen molar-refractivity contribution in [2.24, 2.45) is 0 Å². The normalized spacial score (nSPS) is 16.1. The van der Waals surface area contributed by atoms with E-state index in [0.29, 0.717) is 37.3 Å². The standard InChI is InChI=1S/C24H26N4O3/c29-18-22(30)27-12-14-28(15-13-27)23(19-6-2-1-3-7-19)24(31,20-8-4-10-25-16-20)21-9-5-11-26-17-21/h1-11,16-17,23,29,31H,12-15,18H2. The van der Waals surface area contributed by atoms with Gasteiger partial charge in [0.25, 0.3) is 0 Å². The highest BCUT2D eigenvalue weighted by Gasteiger charge is 2.45. The van der Waals surface area contributed by atoms with E-state index in [0.717, 1.165) is 5.56 Å². The summed E-state index contributed by atoms with van der Waals surface area (Å²) in [6.07, 6.45) is 6.75. The quantitative estimate of drug-likeness (QED) is 0.632. The molecule has 1 aliphatic rings. The van der Waals surface area contributed by atoms with E-state index in [-0.39, 0.29) is 5.91 Å². The number of aliphatic hydroxyl groups is 2. The van der Waals surface area contributed by atoms with Crippen LogP contribution in [0.5, 0.6) is 0 Å². The summed E-state index contributed by atoms with van der Waals surface area (Å²) in [6.45, 7) is 1.61. The lowest BCUT2D eigenvalue weighted by molar-refractivity contribution is -0.137. The molecule has 1 saturated heterocycles. The van der Waals surface area contributed by atoms with Gasteiger partial charge in [-0.3, -0.25) is 19.7 Å². The van der Waals surface area contributed by atoms with Crippen molar-refractivity contribution in [3.8, 4) is 0 Å². The fourth-order valence-electron chi connectivity index (χ4n) is 4.34. The molecule has 3 aromatic rings. The Bertz CT molecular complexity index is 938. The average Bonchev–Trinajstić information content (AvgIpc) is 2.85. The zero-order valence-electron chi connectivity index (χ0n) is 17.2. The molecule has 1 aromatic carbocycles. The Balaban J connectivity index is 1.80. The first-order valence-corrected chi connectivity index (χ1v) is 10.4. The van der Waals surface area contributed by atoms with Crippen LogP contribution in [0.1, 0.15) is 22.7 Å². The second-order valence-electron chi connectivity index (χ2n) is 7.64. The molecule has 31 heavy (non-hydrogen) atoms. The number of nitrogens with zero attached hydrogens (tertiary/aromatic N) is 4. The van der Waals surface area contributed by atoms with Crippen LogP contribution in [0.15, 0.2) is 79.4 Å². The molecule has 1 unspecified atom stereocenters. The largest absolute Gasteiger partial charge is 0.387 e. The van der Waals surface area contributed by atoms with Crippen molar-refractivity contribution in [1.82, 2.24) is 19.8 Å². The van der Waals surface area contributed by atoms with Gasteiger partial charge in [-0.05, 0) is 17.7 Å². The van der Waals surface area contributed by atoms with E-state index in [2.05, 4.69) is 14.9 Å². The van der Waals surface area contributed by atoms with Crippen LogP contribution in [0, 0.1) is 0 Å². The van der Waals surface area contributed by atoms with Gasteiger partial charge in [0.15, 0.2) is 0 Å². The average molecular weight is 418 g/mol. The molecular formula is C24H26N4O3. The lowest BCUT2D eigenvalue weighted by Crippen LogP contribution is -2.54. The number of benzene rings is 1. The fourth-order valence-corrected chi connectivity index (χ4v) is 4.34. The first-order chi connectivity index (χ1) is 15.1. The third kappa shape index (κ3) is 4.20. The molecule has 7 heteroatoms. The van der Waals surface area contributed by atoms with Gasteiger partial charge in [0, 0.05) is 62.1 Å². The summed E-state index contributed by atoms with van der Waals surface area (Å²) in [5.74, 6) is -0.273. The Morgan fingerprint density at radius 2 is 1.48 bits per heavy atom. The van der Waals surface area contributed by atoms with E-state index in [1.165, 1.54) is 0 Å². The third-order valence-corrected chi connectivity index (χ3v) is 5.88. The molecule has 0 aliphatic carbocycles. The SMILES string of the molecule is O=C(CO)N1CCN(C(c2ccccc2)C(O)(c2cccnc2)c2cccnc2)CC1. The van der Waals surface area contributed by atoms with Gasteiger partial charge < -0.3 is 15.1 Å². The molecule has 1 fully saturated rings. The number of amides is 1. The van der Waals surface area contributed by atoms with Gasteiger partial charge in [0.1, 0.15) is 12.2 Å². The van der Waals surface area contributed by atoms with E-state index in [9.17, 15) is 15.0 Å². The Labute approximate surface area is 181 Å². The monoisotopic (exact) mass is 418 g/mol.